The Balaban J connectivity index is 1.49. The Morgan fingerprint density at radius 3 is 3.00 bits per heavy atom. The SMILES string of the molecule is O=C(NCC(=O)N1CCCC1)C1Cc2nc[nH]c2CN1. The van der Waals surface area contributed by atoms with Gasteiger partial charge in [-0.15, -0.1) is 0 Å². The Morgan fingerprint density at radius 1 is 1.40 bits per heavy atom. The molecule has 1 atom stereocenters. The number of imidazole rings is 1. The molecule has 0 aromatic carbocycles. The number of likely N-dealkylation sites (tertiary alicyclic amines) is 1. The third kappa shape index (κ3) is 2.67. The second-order valence-electron chi connectivity index (χ2n) is 5.27. The number of amides is 2. The summed E-state index contributed by atoms with van der Waals surface area (Å²) < 4.78 is 0. The summed E-state index contributed by atoms with van der Waals surface area (Å²) in [5.74, 6) is -0.127. The van der Waals surface area contributed by atoms with Gasteiger partial charge < -0.3 is 15.2 Å². The van der Waals surface area contributed by atoms with Crippen LogP contribution in [0.2, 0.25) is 0 Å². The summed E-state index contributed by atoms with van der Waals surface area (Å²) in [6, 6.07) is -0.308. The Morgan fingerprint density at radius 2 is 2.20 bits per heavy atom. The maximum absolute atomic E-state index is 12.1. The molecule has 2 aliphatic heterocycles. The number of aromatic amines is 1. The molecule has 108 valence electrons. The van der Waals surface area contributed by atoms with E-state index >= 15 is 0 Å². The predicted molar refractivity (Wildman–Crippen MR) is 71.7 cm³/mol. The van der Waals surface area contributed by atoms with E-state index in [1.54, 1.807) is 11.2 Å². The molecule has 2 aliphatic rings. The number of carbonyl (C=O) groups is 2. The van der Waals surface area contributed by atoms with Crippen LogP contribution in [0.15, 0.2) is 6.33 Å². The molecule has 1 unspecified atom stereocenters. The third-order valence-electron chi connectivity index (χ3n) is 3.92. The van der Waals surface area contributed by atoms with Gasteiger partial charge in [0.2, 0.25) is 11.8 Å². The van der Waals surface area contributed by atoms with Crippen LogP contribution in [0, 0.1) is 0 Å². The molecule has 0 saturated carbocycles. The van der Waals surface area contributed by atoms with Crippen LogP contribution in [0.4, 0.5) is 0 Å². The summed E-state index contributed by atoms with van der Waals surface area (Å²) in [7, 11) is 0. The highest BCUT2D eigenvalue weighted by Gasteiger charge is 2.26. The third-order valence-corrected chi connectivity index (χ3v) is 3.92. The van der Waals surface area contributed by atoms with Crippen molar-refractivity contribution >= 4 is 11.8 Å². The molecule has 3 heterocycles. The van der Waals surface area contributed by atoms with E-state index in [-0.39, 0.29) is 24.4 Å². The van der Waals surface area contributed by atoms with Gasteiger partial charge in [-0.25, -0.2) is 4.98 Å². The van der Waals surface area contributed by atoms with Crippen molar-refractivity contribution in [1.82, 2.24) is 25.5 Å². The van der Waals surface area contributed by atoms with Gasteiger partial charge in [0.15, 0.2) is 0 Å². The smallest absolute Gasteiger partial charge is 0.241 e. The van der Waals surface area contributed by atoms with Gasteiger partial charge in [0, 0.05) is 26.1 Å². The fourth-order valence-electron chi connectivity index (χ4n) is 2.72. The molecule has 1 aromatic heterocycles. The Kier molecular flexibility index (Phi) is 3.68. The summed E-state index contributed by atoms with van der Waals surface area (Å²) in [6.07, 6.45) is 4.32. The monoisotopic (exact) mass is 277 g/mol. The molecule has 1 fully saturated rings. The zero-order valence-electron chi connectivity index (χ0n) is 11.3. The largest absolute Gasteiger partial charge is 0.347 e. The van der Waals surface area contributed by atoms with E-state index in [0.29, 0.717) is 13.0 Å². The molecule has 3 rings (SSSR count). The van der Waals surface area contributed by atoms with Crippen molar-refractivity contribution in [2.24, 2.45) is 0 Å². The van der Waals surface area contributed by atoms with Crippen LogP contribution < -0.4 is 10.6 Å². The molecule has 20 heavy (non-hydrogen) atoms. The van der Waals surface area contributed by atoms with Crippen molar-refractivity contribution in [2.75, 3.05) is 19.6 Å². The van der Waals surface area contributed by atoms with Crippen molar-refractivity contribution in [3.8, 4) is 0 Å². The lowest BCUT2D eigenvalue weighted by atomic mass is 10.0. The van der Waals surface area contributed by atoms with Gasteiger partial charge in [-0.05, 0) is 12.8 Å². The maximum Gasteiger partial charge on any atom is 0.241 e. The average molecular weight is 277 g/mol. The molecular formula is C13H19N5O2. The highest BCUT2D eigenvalue weighted by Crippen LogP contribution is 2.12. The number of hydrogen-bond donors (Lipinski definition) is 3. The van der Waals surface area contributed by atoms with Gasteiger partial charge >= 0.3 is 0 Å². The van der Waals surface area contributed by atoms with E-state index < -0.39 is 0 Å². The molecule has 0 spiro atoms. The van der Waals surface area contributed by atoms with Gasteiger partial charge in [-0.1, -0.05) is 0 Å². The zero-order valence-corrected chi connectivity index (χ0v) is 11.3. The molecular weight excluding hydrogens is 258 g/mol. The molecule has 7 heteroatoms. The molecule has 0 radical (unpaired) electrons. The Bertz CT molecular complexity index is 507. The first-order valence-corrected chi connectivity index (χ1v) is 7.04. The summed E-state index contributed by atoms with van der Waals surface area (Å²) in [5.41, 5.74) is 1.96. The lowest BCUT2D eigenvalue weighted by Gasteiger charge is -2.23. The van der Waals surface area contributed by atoms with E-state index in [9.17, 15) is 9.59 Å². The quantitative estimate of drug-likeness (QED) is 0.672. The van der Waals surface area contributed by atoms with E-state index in [4.69, 9.17) is 0 Å². The van der Waals surface area contributed by atoms with Crippen molar-refractivity contribution in [2.45, 2.75) is 31.8 Å². The first kappa shape index (κ1) is 13.1. The normalized spacial score (nSPS) is 21.6. The molecule has 1 aromatic rings. The summed E-state index contributed by atoms with van der Waals surface area (Å²) >= 11 is 0. The number of nitrogens with one attached hydrogen (secondary N) is 3. The topological polar surface area (TPSA) is 90.1 Å². The van der Waals surface area contributed by atoms with Gasteiger partial charge in [0.05, 0.1) is 30.3 Å². The number of fused-ring (bicyclic) bond motifs is 1. The molecule has 2 amide bonds. The molecule has 7 nitrogen and oxygen atoms in total. The minimum absolute atomic E-state index is 0.00659. The number of rotatable bonds is 3. The van der Waals surface area contributed by atoms with E-state index in [0.717, 1.165) is 37.3 Å². The first-order chi connectivity index (χ1) is 9.74. The van der Waals surface area contributed by atoms with Crippen molar-refractivity contribution < 1.29 is 9.59 Å². The second-order valence-corrected chi connectivity index (χ2v) is 5.27. The second kappa shape index (κ2) is 5.62. The molecule has 0 bridgehead atoms. The minimum atomic E-state index is -0.308. The van der Waals surface area contributed by atoms with Crippen LogP contribution in [-0.2, 0) is 22.6 Å². The van der Waals surface area contributed by atoms with E-state index in [1.807, 2.05) is 0 Å². The maximum atomic E-state index is 12.1. The molecule has 3 N–H and O–H groups in total. The van der Waals surface area contributed by atoms with E-state index in [2.05, 4.69) is 20.6 Å². The van der Waals surface area contributed by atoms with Crippen molar-refractivity contribution in [3.63, 3.8) is 0 Å². The van der Waals surface area contributed by atoms with Crippen molar-refractivity contribution in [3.05, 3.63) is 17.7 Å². The van der Waals surface area contributed by atoms with Crippen LogP contribution in [0.3, 0.4) is 0 Å². The Hall–Kier alpha value is -1.89. The van der Waals surface area contributed by atoms with Gasteiger partial charge in [-0.3, -0.25) is 14.9 Å². The standard InChI is InChI=1S/C13H19N5O2/c19-12(18-3-1-2-4-18)7-15-13(20)10-5-9-11(6-14-10)17-8-16-9/h8,10,14H,1-7H2,(H,15,20)(H,16,17). The van der Waals surface area contributed by atoms with Gasteiger partial charge in [-0.2, -0.15) is 0 Å². The number of aromatic nitrogens is 2. The van der Waals surface area contributed by atoms with Gasteiger partial charge in [0.1, 0.15) is 0 Å². The Labute approximate surface area is 117 Å². The highest BCUT2D eigenvalue weighted by molar-refractivity contribution is 5.87. The van der Waals surface area contributed by atoms with Crippen molar-refractivity contribution in [1.29, 1.82) is 0 Å². The fourth-order valence-corrected chi connectivity index (χ4v) is 2.72. The number of nitrogens with zero attached hydrogens (tertiary/aromatic N) is 2. The van der Waals surface area contributed by atoms with Crippen LogP contribution in [-0.4, -0.2) is 52.4 Å². The number of carbonyl (C=O) groups excluding carboxylic acids is 2. The van der Waals surface area contributed by atoms with Crippen LogP contribution in [0.5, 0.6) is 0 Å². The first-order valence-electron chi connectivity index (χ1n) is 7.04. The van der Waals surface area contributed by atoms with Gasteiger partial charge in [0.25, 0.3) is 0 Å². The lowest BCUT2D eigenvalue weighted by Crippen LogP contribution is -2.50. The summed E-state index contributed by atoms with van der Waals surface area (Å²) in [5, 5.41) is 5.87. The number of hydrogen-bond acceptors (Lipinski definition) is 4. The van der Waals surface area contributed by atoms with E-state index in [1.165, 1.54) is 0 Å². The molecule has 1 saturated heterocycles. The van der Waals surface area contributed by atoms with Crippen LogP contribution in [0.1, 0.15) is 24.2 Å². The fraction of sp³-hybridized carbons (Fsp3) is 0.615. The predicted octanol–water partition coefficient (Wildman–Crippen LogP) is -0.837. The number of H-pyrrole nitrogens is 1. The summed E-state index contributed by atoms with van der Waals surface area (Å²) in [4.78, 5) is 33.0. The lowest BCUT2D eigenvalue weighted by molar-refractivity contribution is -0.132. The van der Waals surface area contributed by atoms with Crippen LogP contribution >= 0.6 is 0 Å². The summed E-state index contributed by atoms with van der Waals surface area (Å²) in [6.45, 7) is 2.32. The van der Waals surface area contributed by atoms with Crippen LogP contribution in [0.25, 0.3) is 0 Å². The molecule has 0 aliphatic carbocycles. The average Bonchev–Trinajstić information content (AvgIpc) is 3.13. The minimum Gasteiger partial charge on any atom is -0.347 e. The zero-order chi connectivity index (χ0) is 13.9. The highest BCUT2D eigenvalue weighted by atomic mass is 16.2.